The molecule has 0 saturated heterocycles. The molecular weight excluding hydrogens is 156 g/mol. The van der Waals surface area contributed by atoms with E-state index in [-0.39, 0.29) is 17.1 Å². The predicted octanol–water partition coefficient (Wildman–Crippen LogP) is 0.343. The van der Waals surface area contributed by atoms with Gasteiger partial charge in [-0.3, -0.25) is 4.79 Å². The van der Waals surface area contributed by atoms with Crippen molar-refractivity contribution in [2.75, 3.05) is 0 Å². The molecule has 1 fully saturated rings. The Labute approximate surface area is 72.4 Å². The van der Waals surface area contributed by atoms with Crippen molar-refractivity contribution >= 4 is 5.78 Å². The molecule has 0 bridgehead atoms. The molecule has 1 rings (SSSR count). The minimum atomic E-state index is -1.18. The van der Waals surface area contributed by atoms with Gasteiger partial charge in [-0.2, -0.15) is 0 Å². The van der Waals surface area contributed by atoms with Crippen LogP contribution in [0.1, 0.15) is 27.2 Å². The summed E-state index contributed by atoms with van der Waals surface area (Å²) in [7, 11) is 0. The largest absolute Gasteiger partial charge is 0.389 e. The van der Waals surface area contributed by atoms with Crippen LogP contribution in [0.15, 0.2) is 0 Å². The van der Waals surface area contributed by atoms with Crippen molar-refractivity contribution in [2.24, 2.45) is 11.3 Å². The Morgan fingerprint density at radius 3 is 2.42 bits per heavy atom. The maximum absolute atomic E-state index is 11.1. The lowest BCUT2D eigenvalue weighted by atomic mass is 9.66. The summed E-state index contributed by atoms with van der Waals surface area (Å²) in [6.07, 6.45) is -1.74. The molecule has 0 aromatic heterocycles. The Hall–Kier alpha value is -0.410. The van der Waals surface area contributed by atoms with Gasteiger partial charge in [0.2, 0.25) is 0 Å². The van der Waals surface area contributed by atoms with Crippen LogP contribution in [0.2, 0.25) is 0 Å². The number of hydrogen-bond donors (Lipinski definition) is 2. The Balaban J connectivity index is 2.87. The van der Waals surface area contributed by atoms with Gasteiger partial charge in [-0.25, -0.2) is 0 Å². The fraction of sp³-hybridized carbons (Fsp3) is 0.889. The maximum Gasteiger partial charge on any atom is 0.164 e. The maximum atomic E-state index is 11.1. The van der Waals surface area contributed by atoms with E-state index in [2.05, 4.69) is 0 Å². The molecule has 1 aliphatic carbocycles. The number of rotatable bonds is 0. The highest BCUT2D eigenvalue weighted by Gasteiger charge is 2.45. The third-order valence-electron chi connectivity index (χ3n) is 3.17. The molecule has 0 aliphatic heterocycles. The van der Waals surface area contributed by atoms with E-state index in [0.29, 0.717) is 6.42 Å². The second kappa shape index (κ2) is 2.82. The van der Waals surface area contributed by atoms with Crippen molar-refractivity contribution in [3.05, 3.63) is 0 Å². The van der Waals surface area contributed by atoms with E-state index in [1.165, 1.54) is 0 Å². The Bertz CT molecular complexity index is 198. The minimum Gasteiger partial charge on any atom is -0.389 e. The molecule has 0 spiro atoms. The smallest absolute Gasteiger partial charge is 0.164 e. The number of Topliss-reactive ketones (excluding diaryl/α,β-unsaturated/α-hetero) is 1. The van der Waals surface area contributed by atoms with Crippen molar-refractivity contribution in [3.8, 4) is 0 Å². The number of carbonyl (C=O) groups excluding carboxylic acids is 1. The van der Waals surface area contributed by atoms with E-state index in [4.69, 9.17) is 0 Å². The summed E-state index contributed by atoms with van der Waals surface area (Å²) in [5.41, 5.74) is -0.368. The number of carbonyl (C=O) groups is 1. The number of ketones is 1. The summed E-state index contributed by atoms with van der Waals surface area (Å²) < 4.78 is 0. The number of aliphatic hydroxyl groups is 2. The monoisotopic (exact) mass is 172 g/mol. The zero-order valence-electron chi connectivity index (χ0n) is 7.74. The van der Waals surface area contributed by atoms with Crippen LogP contribution in [-0.4, -0.2) is 28.2 Å². The zero-order chi connectivity index (χ0) is 9.52. The fourth-order valence-corrected chi connectivity index (χ4v) is 1.56. The topological polar surface area (TPSA) is 57.5 Å². The highest BCUT2D eigenvalue weighted by atomic mass is 16.3. The summed E-state index contributed by atoms with van der Waals surface area (Å²) in [5, 5.41) is 18.9. The van der Waals surface area contributed by atoms with Gasteiger partial charge in [0, 0.05) is 6.42 Å². The van der Waals surface area contributed by atoms with Gasteiger partial charge in [0.1, 0.15) is 6.10 Å². The molecule has 0 heterocycles. The summed E-state index contributed by atoms with van der Waals surface area (Å²) in [4.78, 5) is 11.1. The van der Waals surface area contributed by atoms with Crippen molar-refractivity contribution in [2.45, 2.75) is 39.4 Å². The van der Waals surface area contributed by atoms with Crippen LogP contribution in [0.25, 0.3) is 0 Å². The average molecular weight is 172 g/mol. The minimum absolute atomic E-state index is 0.128. The second-order valence-electron chi connectivity index (χ2n) is 4.28. The molecule has 12 heavy (non-hydrogen) atoms. The molecule has 3 nitrogen and oxygen atoms in total. The van der Waals surface area contributed by atoms with Crippen molar-refractivity contribution in [3.63, 3.8) is 0 Å². The highest BCUT2D eigenvalue weighted by molar-refractivity contribution is 5.84. The Kier molecular flexibility index (Phi) is 2.27. The van der Waals surface area contributed by atoms with Gasteiger partial charge in [-0.1, -0.05) is 20.8 Å². The molecule has 0 unspecified atom stereocenters. The van der Waals surface area contributed by atoms with E-state index in [1.807, 2.05) is 20.8 Å². The lowest BCUT2D eigenvalue weighted by Crippen LogP contribution is -2.52. The third kappa shape index (κ3) is 1.27. The van der Waals surface area contributed by atoms with Crippen molar-refractivity contribution in [1.29, 1.82) is 0 Å². The molecule has 2 N–H and O–H groups in total. The normalized spacial score (nSPS) is 41.4. The van der Waals surface area contributed by atoms with E-state index < -0.39 is 12.2 Å². The van der Waals surface area contributed by atoms with Gasteiger partial charge in [-0.05, 0) is 11.3 Å². The van der Waals surface area contributed by atoms with Gasteiger partial charge in [-0.15, -0.1) is 0 Å². The summed E-state index contributed by atoms with van der Waals surface area (Å²) in [6, 6.07) is 0. The summed E-state index contributed by atoms with van der Waals surface area (Å²) in [6.45, 7) is 5.67. The SMILES string of the molecule is C[C@H]1CC(=O)[C@H](O)[C@H](O)C1(C)C. The lowest BCUT2D eigenvalue weighted by molar-refractivity contribution is -0.153. The van der Waals surface area contributed by atoms with E-state index >= 15 is 0 Å². The van der Waals surface area contributed by atoms with Crippen molar-refractivity contribution < 1.29 is 15.0 Å². The quantitative estimate of drug-likeness (QED) is 0.554. The first-order valence-corrected chi connectivity index (χ1v) is 4.26. The molecule has 3 atom stereocenters. The average Bonchev–Trinajstić information content (AvgIpc) is 1.99. The Morgan fingerprint density at radius 2 is 1.92 bits per heavy atom. The van der Waals surface area contributed by atoms with Gasteiger partial charge in [0.25, 0.3) is 0 Å². The van der Waals surface area contributed by atoms with Crippen LogP contribution in [0.3, 0.4) is 0 Å². The van der Waals surface area contributed by atoms with Gasteiger partial charge in [0.15, 0.2) is 5.78 Å². The van der Waals surface area contributed by atoms with E-state index in [0.717, 1.165) is 0 Å². The molecule has 0 radical (unpaired) electrons. The van der Waals surface area contributed by atoms with Crippen LogP contribution in [0.4, 0.5) is 0 Å². The van der Waals surface area contributed by atoms with Gasteiger partial charge < -0.3 is 10.2 Å². The first kappa shape index (κ1) is 9.68. The highest BCUT2D eigenvalue weighted by Crippen LogP contribution is 2.38. The molecule has 1 saturated carbocycles. The molecule has 0 aromatic rings. The van der Waals surface area contributed by atoms with Gasteiger partial charge in [0.05, 0.1) is 6.10 Å². The number of hydrogen-bond acceptors (Lipinski definition) is 3. The molecule has 0 amide bonds. The Morgan fingerprint density at radius 1 is 1.42 bits per heavy atom. The number of aliphatic hydroxyl groups excluding tert-OH is 2. The summed E-state index contributed by atoms with van der Waals surface area (Å²) in [5.74, 6) is -0.113. The van der Waals surface area contributed by atoms with E-state index in [9.17, 15) is 15.0 Å². The fourth-order valence-electron chi connectivity index (χ4n) is 1.56. The molecule has 70 valence electrons. The van der Waals surface area contributed by atoms with Crippen molar-refractivity contribution in [1.82, 2.24) is 0 Å². The van der Waals surface area contributed by atoms with Crippen LogP contribution in [-0.2, 0) is 4.79 Å². The predicted molar refractivity (Wildman–Crippen MR) is 44.6 cm³/mol. The van der Waals surface area contributed by atoms with Gasteiger partial charge >= 0.3 is 0 Å². The lowest BCUT2D eigenvalue weighted by Gasteiger charge is -2.42. The molecule has 0 aromatic carbocycles. The standard InChI is InChI=1S/C9H16O3/c1-5-4-6(10)7(11)8(12)9(5,2)3/h5,7-8,11-12H,4H2,1-3H3/t5-,7-,8-/m0/s1. The second-order valence-corrected chi connectivity index (χ2v) is 4.28. The molecular formula is C9H16O3. The van der Waals surface area contributed by atoms with Crippen LogP contribution < -0.4 is 0 Å². The first-order chi connectivity index (χ1) is 5.37. The van der Waals surface area contributed by atoms with E-state index in [1.54, 1.807) is 0 Å². The van der Waals surface area contributed by atoms with Crippen LogP contribution in [0.5, 0.6) is 0 Å². The zero-order valence-corrected chi connectivity index (χ0v) is 7.74. The van der Waals surface area contributed by atoms with Crippen LogP contribution >= 0.6 is 0 Å². The third-order valence-corrected chi connectivity index (χ3v) is 3.17. The first-order valence-electron chi connectivity index (χ1n) is 4.26. The summed E-state index contributed by atoms with van der Waals surface area (Å²) >= 11 is 0. The molecule has 3 heteroatoms. The van der Waals surface area contributed by atoms with Crippen LogP contribution in [0, 0.1) is 11.3 Å². The molecule has 1 aliphatic rings.